The number of nitrogen functional groups attached to an aromatic ring is 2. The third-order valence-corrected chi connectivity index (χ3v) is 18.5. The van der Waals surface area contributed by atoms with Crippen molar-refractivity contribution < 1.29 is 58.1 Å². The number of methoxy groups -OCH3 is 2. The molecule has 416 valence electrons. The molecule has 1 aliphatic carbocycles. The minimum absolute atomic E-state index is 0.00670. The van der Waals surface area contributed by atoms with Gasteiger partial charge in [0.05, 0.1) is 79.0 Å². The largest absolute Gasteiger partial charge is 0.496 e. The topological polar surface area (TPSA) is 260 Å². The highest BCUT2D eigenvalue weighted by atomic mass is 32.2. The number of ether oxygens (including phenoxy) is 4. The third kappa shape index (κ3) is 15.0. The van der Waals surface area contributed by atoms with Crippen molar-refractivity contribution in [2.24, 2.45) is 0 Å². The molecule has 4 aliphatic rings. The van der Waals surface area contributed by atoms with Crippen LogP contribution < -0.4 is 31.6 Å². The van der Waals surface area contributed by atoms with Crippen molar-refractivity contribution in [1.29, 1.82) is 0 Å². The summed E-state index contributed by atoms with van der Waals surface area (Å²) in [6, 6.07) is 4.14. The smallest absolute Gasteiger partial charge is 0.224 e. The average Bonchev–Trinajstić information content (AvgIpc) is 3.41. The number of carbonyl (C=O) groups is 1. The van der Waals surface area contributed by atoms with Crippen LogP contribution in [0.25, 0.3) is 0 Å². The molecular weight excluding hydrogens is 1060 g/mol. The van der Waals surface area contributed by atoms with Gasteiger partial charge < -0.3 is 41.0 Å². The van der Waals surface area contributed by atoms with Crippen molar-refractivity contribution in [2.75, 3.05) is 127 Å². The number of nitrogens with two attached hydrogens (primary N) is 2. The molecule has 0 amide bonds. The van der Waals surface area contributed by atoms with Gasteiger partial charge in [-0.1, -0.05) is 12.2 Å². The zero-order chi connectivity index (χ0) is 54.6. The first-order valence-electron chi connectivity index (χ1n) is 25.1. The summed E-state index contributed by atoms with van der Waals surface area (Å²) in [7, 11) is -3.94. The summed E-state index contributed by atoms with van der Waals surface area (Å²) in [5, 5.41) is 5.99. The molecule has 0 spiro atoms. The second kappa shape index (κ2) is 26.8. The molecule has 5 heterocycles. The van der Waals surface area contributed by atoms with Gasteiger partial charge in [-0.25, -0.2) is 48.7 Å². The number of thiocarbonyl (C=S) groups is 1. The Hall–Kier alpha value is -5.42. The second-order valence-electron chi connectivity index (χ2n) is 18.8. The lowest BCUT2D eigenvalue weighted by Crippen LogP contribution is -2.44. The number of ketones is 1. The minimum Gasteiger partial charge on any atom is -0.496 e. The highest BCUT2D eigenvalue weighted by molar-refractivity contribution is 7.92. The summed E-state index contributed by atoms with van der Waals surface area (Å²) in [6.45, 7) is 8.37. The van der Waals surface area contributed by atoms with Gasteiger partial charge >= 0.3 is 0 Å². The van der Waals surface area contributed by atoms with Gasteiger partial charge in [0, 0.05) is 63.7 Å². The summed E-state index contributed by atoms with van der Waals surface area (Å²) in [5.41, 5.74) is 11.2. The Morgan fingerprint density at radius 1 is 0.671 bits per heavy atom. The number of rotatable bonds is 20. The Labute approximate surface area is 445 Å². The van der Waals surface area contributed by atoms with E-state index >= 15 is 0 Å². The standard InChI is InChI=1S/C25H33F2N5O4S2.C24H32F2N6O5S/c1-35-20-8-7-19(26)22(27)21(20)23(37)18-15-29-25(31-24(18)28)30-16-3-5-17(6-4-16)38(33,34)14-2-9-32-10-12-36-13-11-32;1-36-19-4-3-18(25)21(26)20(19)22(33)17-15-28-24(30-23(17)27)29-16-5-8-32(9-6-16)38(34,35)14-2-7-31-10-12-37-13-11-31/h7-8,15-17H,2-6,9-14H2,1H3,(H3,28,29,30,31);3-4,15-16H,2,5-14H2,1H3,(H3,27,28,29,30). The van der Waals surface area contributed by atoms with E-state index in [1.807, 2.05) is 0 Å². The number of piperidine rings is 1. The molecule has 20 nitrogen and oxygen atoms in total. The molecule has 1 saturated carbocycles. The van der Waals surface area contributed by atoms with Crippen LogP contribution in [0.15, 0.2) is 36.7 Å². The molecule has 8 rings (SSSR count). The first kappa shape index (κ1) is 58.3. The lowest BCUT2D eigenvalue weighted by atomic mass is 9.95. The number of morpholine rings is 2. The van der Waals surface area contributed by atoms with Gasteiger partial charge in [0.1, 0.15) is 28.7 Å². The van der Waals surface area contributed by atoms with Gasteiger partial charge in [0.25, 0.3) is 0 Å². The number of aromatic nitrogens is 4. The third-order valence-electron chi connectivity index (χ3n) is 13.8. The molecule has 3 aliphatic heterocycles. The number of hydrogen-bond acceptors (Lipinski definition) is 20. The van der Waals surface area contributed by atoms with Crippen LogP contribution in [-0.2, 0) is 29.3 Å². The molecule has 3 saturated heterocycles. The fraction of sp³-hybridized carbons (Fsp3) is 0.551. The molecule has 0 atom stereocenters. The van der Waals surface area contributed by atoms with Crippen LogP contribution in [0.1, 0.15) is 78.4 Å². The van der Waals surface area contributed by atoms with E-state index < -0.39 is 54.5 Å². The monoisotopic (exact) mass is 1120 g/mol. The van der Waals surface area contributed by atoms with E-state index in [4.69, 9.17) is 42.6 Å². The maximum Gasteiger partial charge on any atom is 0.224 e. The van der Waals surface area contributed by atoms with Crippen LogP contribution >= 0.6 is 12.2 Å². The second-order valence-corrected chi connectivity index (χ2v) is 23.7. The van der Waals surface area contributed by atoms with Crippen LogP contribution in [0.4, 0.5) is 41.1 Å². The highest BCUT2D eigenvalue weighted by Gasteiger charge is 2.33. The molecule has 4 fully saturated rings. The average molecular weight is 1120 g/mol. The fourth-order valence-electron chi connectivity index (χ4n) is 9.49. The summed E-state index contributed by atoms with van der Waals surface area (Å²) < 4.78 is 130. The normalized spacial score (nSPS) is 19.3. The van der Waals surface area contributed by atoms with E-state index in [1.54, 1.807) is 0 Å². The summed E-state index contributed by atoms with van der Waals surface area (Å²) in [6.07, 6.45) is 7.23. The number of carbonyl (C=O) groups excluding carboxylic acids is 1. The molecule has 0 radical (unpaired) electrons. The maximum atomic E-state index is 14.5. The molecule has 76 heavy (non-hydrogen) atoms. The first-order valence-corrected chi connectivity index (χ1v) is 28.8. The van der Waals surface area contributed by atoms with E-state index in [0.717, 1.165) is 63.7 Å². The number of nitrogens with zero attached hydrogens (tertiary/aromatic N) is 7. The van der Waals surface area contributed by atoms with E-state index in [-0.39, 0.29) is 85.4 Å². The van der Waals surface area contributed by atoms with Crippen LogP contribution in [0.5, 0.6) is 11.5 Å². The predicted molar refractivity (Wildman–Crippen MR) is 282 cm³/mol. The Balaban J connectivity index is 0.000000221. The van der Waals surface area contributed by atoms with Crippen LogP contribution in [-0.4, -0.2) is 183 Å². The summed E-state index contributed by atoms with van der Waals surface area (Å²) in [5.74, 6) is -5.20. The van der Waals surface area contributed by atoms with Gasteiger partial charge in [0.2, 0.25) is 27.7 Å². The molecule has 27 heteroatoms. The number of sulfonamides is 1. The number of hydrogen-bond donors (Lipinski definition) is 4. The summed E-state index contributed by atoms with van der Waals surface area (Å²) in [4.78, 5) is 34.0. The molecular formula is C49H65F4N11O9S3. The highest BCUT2D eigenvalue weighted by Crippen LogP contribution is 2.32. The van der Waals surface area contributed by atoms with Gasteiger partial charge in [-0.15, -0.1) is 0 Å². The van der Waals surface area contributed by atoms with Crippen molar-refractivity contribution in [3.8, 4) is 11.5 Å². The molecule has 2 aromatic heterocycles. The van der Waals surface area contributed by atoms with Gasteiger partial charge in [0.15, 0.2) is 33.1 Å². The Morgan fingerprint density at radius 3 is 1.63 bits per heavy atom. The maximum absolute atomic E-state index is 14.5. The van der Waals surface area contributed by atoms with E-state index in [0.29, 0.717) is 90.9 Å². The number of halogens is 4. The fourth-order valence-corrected chi connectivity index (χ4v) is 13.2. The zero-order valence-corrected chi connectivity index (χ0v) is 44.9. The number of nitrogens with one attached hydrogen (secondary N) is 2. The number of sulfone groups is 1. The molecule has 0 bridgehead atoms. The van der Waals surface area contributed by atoms with Gasteiger partial charge in [-0.2, -0.15) is 9.97 Å². The molecule has 2 aromatic carbocycles. The van der Waals surface area contributed by atoms with E-state index in [2.05, 4.69) is 40.4 Å². The van der Waals surface area contributed by atoms with Crippen molar-refractivity contribution in [1.82, 2.24) is 34.0 Å². The minimum atomic E-state index is -3.35. The van der Waals surface area contributed by atoms with Crippen molar-refractivity contribution >= 4 is 66.3 Å². The first-order chi connectivity index (χ1) is 36.4. The van der Waals surface area contributed by atoms with Crippen LogP contribution in [0.2, 0.25) is 0 Å². The predicted octanol–water partition coefficient (Wildman–Crippen LogP) is 4.48. The van der Waals surface area contributed by atoms with Crippen LogP contribution in [0.3, 0.4) is 0 Å². The molecule has 6 N–H and O–H groups in total. The van der Waals surface area contributed by atoms with Crippen LogP contribution in [0, 0.1) is 23.3 Å². The van der Waals surface area contributed by atoms with E-state index in [1.165, 1.54) is 30.8 Å². The summed E-state index contributed by atoms with van der Waals surface area (Å²) >= 11 is 5.36. The lowest BCUT2D eigenvalue weighted by Gasteiger charge is -2.32. The van der Waals surface area contributed by atoms with Crippen molar-refractivity contribution in [3.05, 3.63) is 82.2 Å². The van der Waals surface area contributed by atoms with Gasteiger partial charge in [-0.3, -0.25) is 14.6 Å². The SMILES string of the molecule is COc1ccc(F)c(F)c1C(=O)c1cnc(NC2CCN(S(=O)(=O)CCCN3CCOCC3)CC2)nc1N.COc1ccc(F)c(F)c1C(=S)c1cnc(NC2CCC(S(=O)(=O)CCCN3CCOCC3)CC2)nc1N. The number of anilines is 4. The van der Waals surface area contributed by atoms with Gasteiger partial charge in [-0.05, 0) is 88.7 Å². The lowest BCUT2D eigenvalue weighted by molar-refractivity contribution is 0.0380. The van der Waals surface area contributed by atoms with Crippen molar-refractivity contribution in [3.63, 3.8) is 0 Å². The zero-order valence-electron chi connectivity index (χ0n) is 42.4. The quantitative estimate of drug-likeness (QED) is 0.0540. The number of benzene rings is 2. The molecule has 4 aromatic rings. The Bertz CT molecular complexity index is 2700. The van der Waals surface area contributed by atoms with Crippen molar-refractivity contribution in [2.45, 2.75) is 68.7 Å². The molecule has 0 unspecified atom stereocenters. The Morgan fingerprint density at radius 2 is 1.13 bits per heavy atom. The van der Waals surface area contributed by atoms with E-state index in [9.17, 15) is 39.2 Å². The Kier molecular flexibility index (Phi) is 20.5.